The second kappa shape index (κ2) is 8.09. The van der Waals surface area contributed by atoms with Crippen molar-refractivity contribution in [3.8, 4) is 0 Å². The zero-order valence-corrected chi connectivity index (χ0v) is 8.79. The molecular weight excluding hydrogens is 164 g/mol. The summed E-state index contributed by atoms with van der Waals surface area (Å²) in [6.07, 6.45) is 5.59. The fraction of sp³-hybridized carbons (Fsp3) is 0.818. The Hall–Kier alpha value is -0.530. The quantitative estimate of drug-likeness (QED) is 0.543. The van der Waals surface area contributed by atoms with Gasteiger partial charge in [-0.15, -0.1) is 0 Å². The summed E-state index contributed by atoms with van der Waals surface area (Å²) in [4.78, 5) is 10.0. The lowest BCUT2D eigenvalue weighted by Gasteiger charge is -2.17. The van der Waals surface area contributed by atoms with Crippen LogP contribution in [0.2, 0.25) is 0 Å². The van der Waals surface area contributed by atoms with Gasteiger partial charge >= 0.3 is 0 Å². The second-order valence-corrected chi connectivity index (χ2v) is 3.51. The Morgan fingerprint density at radius 1 is 1.46 bits per heavy atom. The first-order chi connectivity index (χ1) is 6.24. The first kappa shape index (κ1) is 12.5. The molecule has 0 bridgehead atoms. The average Bonchev–Trinajstić information content (AvgIpc) is 2.12. The predicted molar refractivity (Wildman–Crippen MR) is 54.2 cm³/mol. The van der Waals surface area contributed by atoms with Gasteiger partial charge in [0, 0.05) is 0 Å². The van der Waals surface area contributed by atoms with E-state index in [-0.39, 0.29) is 6.10 Å². The zero-order valence-electron chi connectivity index (χ0n) is 8.79. The SMILES string of the molecule is [CH2]C(CC(CC)CCCC)OC=O. The van der Waals surface area contributed by atoms with Crippen LogP contribution in [-0.2, 0) is 9.53 Å². The Kier molecular flexibility index (Phi) is 7.76. The highest BCUT2D eigenvalue weighted by atomic mass is 16.5. The molecule has 0 spiro atoms. The molecule has 0 aliphatic carbocycles. The molecule has 0 saturated carbocycles. The van der Waals surface area contributed by atoms with Crippen LogP contribution in [0.15, 0.2) is 0 Å². The predicted octanol–water partition coefficient (Wildman–Crippen LogP) is 2.97. The van der Waals surface area contributed by atoms with Crippen LogP contribution in [0.5, 0.6) is 0 Å². The van der Waals surface area contributed by atoms with Gasteiger partial charge in [0.25, 0.3) is 6.47 Å². The van der Waals surface area contributed by atoms with Crippen molar-refractivity contribution in [2.45, 2.75) is 52.1 Å². The van der Waals surface area contributed by atoms with Crippen LogP contribution in [0, 0.1) is 12.8 Å². The van der Waals surface area contributed by atoms with E-state index in [1.165, 1.54) is 19.3 Å². The van der Waals surface area contributed by atoms with Crippen molar-refractivity contribution < 1.29 is 9.53 Å². The van der Waals surface area contributed by atoms with E-state index < -0.39 is 0 Å². The molecule has 13 heavy (non-hydrogen) atoms. The van der Waals surface area contributed by atoms with Crippen molar-refractivity contribution in [3.63, 3.8) is 0 Å². The van der Waals surface area contributed by atoms with E-state index >= 15 is 0 Å². The number of rotatable bonds is 8. The molecule has 0 aromatic carbocycles. The minimum Gasteiger partial charge on any atom is -0.465 e. The first-order valence-electron chi connectivity index (χ1n) is 5.16. The number of hydrogen-bond donors (Lipinski definition) is 0. The number of ether oxygens (including phenoxy) is 1. The molecule has 2 unspecified atom stereocenters. The molecule has 2 atom stereocenters. The third kappa shape index (κ3) is 6.62. The minimum atomic E-state index is -0.167. The Bertz CT molecular complexity index is 123. The lowest BCUT2D eigenvalue weighted by atomic mass is 9.94. The van der Waals surface area contributed by atoms with E-state index in [4.69, 9.17) is 4.74 Å². The second-order valence-electron chi connectivity index (χ2n) is 3.51. The van der Waals surface area contributed by atoms with Gasteiger partial charge in [0.15, 0.2) is 0 Å². The molecule has 0 aliphatic rings. The van der Waals surface area contributed by atoms with Crippen LogP contribution in [0.3, 0.4) is 0 Å². The summed E-state index contributed by atoms with van der Waals surface area (Å²) in [7, 11) is 0. The van der Waals surface area contributed by atoms with Gasteiger partial charge in [-0.25, -0.2) is 0 Å². The van der Waals surface area contributed by atoms with Gasteiger partial charge in [0.05, 0.1) is 0 Å². The normalized spacial score (nSPS) is 15.0. The van der Waals surface area contributed by atoms with E-state index in [9.17, 15) is 4.79 Å². The molecule has 0 heterocycles. The molecule has 0 N–H and O–H groups in total. The highest BCUT2D eigenvalue weighted by Gasteiger charge is 2.11. The van der Waals surface area contributed by atoms with Crippen LogP contribution >= 0.6 is 0 Å². The fourth-order valence-electron chi connectivity index (χ4n) is 1.49. The van der Waals surface area contributed by atoms with Crippen molar-refractivity contribution in [3.05, 3.63) is 6.92 Å². The third-order valence-corrected chi connectivity index (χ3v) is 2.39. The summed E-state index contributed by atoms with van der Waals surface area (Å²) < 4.78 is 4.76. The van der Waals surface area contributed by atoms with Gasteiger partial charge in [-0.1, -0.05) is 39.5 Å². The maximum Gasteiger partial charge on any atom is 0.293 e. The van der Waals surface area contributed by atoms with Crippen LogP contribution in [0.1, 0.15) is 46.0 Å². The topological polar surface area (TPSA) is 26.3 Å². The summed E-state index contributed by atoms with van der Waals surface area (Å²) >= 11 is 0. The number of carbonyl (C=O) groups is 1. The van der Waals surface area contributed by atoms with Crippen LogP contribution in [0.25, 0.3) is 0 Å². The average molecular weight is 185 g/mol. The van der Waals surface area contributed by atoms with Gasteiger partial charge in [0.2, 0.25) is 0 Å². The number of unbranched alkanes of at least 4 members (excludes halogenated alkanes) is 1. The van der Waals surface area contributed by atoms with Crippen molar-refractivity contribution in [2.75, 3.05) is 0 Å². The van der Waals surface area contributed by atoms with E-state index in [2.05, 4.69) is 20.8 Å². The molecule has 0 aromatic rings. The molecule has 2 heteroatoms. The highest BCUT2D eigenvalue weighted by Crippen LogP contribution is 2.19. The Labute approximate surface area is 81.7 Å². The molecule has 0 amide bonds. The van der Waals surface area contributed by atoms with Crippen molar-refractivity contribution in [1.82, 2.24) is 0 Å². The molecule has 2 nitrogen and oxygen atoms in total. The Morgan fingerprint density at radius 3 is 2.62 bits per heavy atom. The molecule has 77 valence electrons. The Morgan fingerprint density at radius 2 is 2.15 bits per heavy atom. The minimum absolute atomic E-state index is 0.167. The van der Waals surface area contributed by atoms with Crippen molar-refractivity contribution in [2.24, 2.45) is 5.92 Å². The van der Waals surface area contributed by atoms with Gasteiger partial charge in [-0.3, -0.25) is 4.79 Å². The molecule has 0 fully saturated rings. The van der Waals surface area contributed by atoms with Gasteiger partial charge in [-0.2, -0.15) is 0 Å². The lowest BCUT2D eigenvalue weighted by Crippen LogP contribution is -2.13. The fourth-order valence-corrected chi connectivity index (χ4v) is 1.49. The third-order valence-electron chi connectivity index (χ3n) is 2.39. The molecule has 0 aliphatic heterocycles. The molecule has 0 aromatic heterocycles. The zero-order chi connectivity index (χ0) is 10.1. The van der Waals surface area contributed by atoms with Gasteiger partial charge in [-0.05, 0) is 19.3 Å². The summed E-state index contributed by atoms with van der Waals surface area (Å²) in [5, 5.41) is 0. The van der Waals surface area contributed by atoms with Gasteiger partial charge < -0.3 is 4.74 Å². The van der Waals surface area contributed by atoms with Crippen LogP contribution in [-0.4, -0.2) is 12.6 Å². The van der Waals surface area contributed by atoms with E-state index in [1.54, 1.807) is 0 Å². The summed E-state index contributed by atoms with van der Waals surface area (Å²) in [5.74, 6) is 0.655. The molecule has 0 saturated heterocycles. The molecule has 0 rings (SSSR count). The number of hydrogen-bond acceptors (Lipinski definition) is 2. The summed E-state index contributed by atoms with van der Waals surface area (Å²) in [6, 6.07) is 0. The largest absolute Gasteiger partial charge is 0.465 e. The summed E-state index contributed by atoms with van der Waals surface area (Å²) in [5.41, 5.74) is 0. The van der Waals surface area contributed by atoms with Crippen molar-refractivity contribution >= 4 is 6.47 Å². The van der Waals surface area contributed by atoms with Gasteiger partial charge in [0.1, 0.15) is 6.10 Å². The maximum atomic E-state index is 10.0. The first-order valence-corrected chi connectivity index (χ1v) is 5.16. The lowest BCUT2D eigenvalue weighted by molar-refractivity contribution is -0.132. The molecular formula is C11H21O2. The Balaban J connectivity index is 3.61. The molecule has 1 radical (unpaired) electrons. The maximum absolute atomic E-state index is 10.0. The van der Waals surface area contributed by atoms with Crippen LogP contribution in [0.4, 0.5) is 0 Å². The van der Waals surface area contributed by atoms with E-state index in [0.29, 0.717) is 12.4 Å². The smallest absolute Gasteiger partial charge is 0.293 e. The highest BCUT2D eigenvalue weighted by molar-refractivity contribution is 5.37. The van der Waals surface area contributed by atoms with Crippen molar-refractivity contribution in [1.29, 1.82) is 0 Å². The van der Waals surface area contributed by atoms with E-state index in [0.717, 1.165) is 12.8 Å². The number of carbonyl (C=O) groups excluding carboxylic acids is 1. The summed E-state index contributed by atoms with van der Waals surface area (Å²) in [6.45, 7) is 8.63. The monoisotopic (exact) mass is 185 g/mol. The van der Waals surface area contributed by atoms with E-state index in [1.807, 2.05) is 0 Å². The standard InChI is InChI=1S/C11H21O2/c1-4-6-7-11(5-2)8-10(3)13-9-12/h9-11H,3-8H2,1-2H3. The van der Waals surface area contributed by atoms with Crippen LogP contribution < -0.4 is 0 Å².